The van der Waals surface area contributed by atoms with Crippen LogP contribution in [-0.2, 0) is 22.9 Å². The Morgan fingerprint density at radius 3 is 2.08 bits per heavy atom. The molecule has 0 aromatic heterocycles. The highest BCUT2D eigenvalue weighted by Gasteiger charge is 2.10. The smallest absolute Gasteiger partial charge is 0.191 e. The molecule has 0 heterocycles. The fourth-order valence-corrected chi connectivity index (χ4v) is 3.39. The highest BCUT2D eigenvalue weighted by molar-refractivity contribution is 14.0. The maximum absolute atomic E-state index is 12.9. The summed E-state index contributed by atoms with van der Waals surface area (Å²) in [7, 11) is -1.55. The van der Waals surface area contributed by atoms with Gasteiger partial charge in [-0.2, -0.15) is 0 Å². The van der Waals surface area contributed by atoms with Crippen LogP contribution in [0.2, 0.25) is 0 Å². The zero-order valence-electron chi connectivity index (χ0n) is 14.9. The molecule has 8 heteroatoms. The van der Waals surface area contributed by atoms with Gasteiger partial charge in [0.2, 0.25) is 0 Å². The number of benzene rings is 2. The van der Waals surface area contributed by atoms with Gasteiger partial charge >= 0.3 is 0 Å². The van der Waals surface area contributed by atoms with Gasteiger partial charge in [-0.05, 0) is 41.8 Å². The summed E-state index contributed by atoms with van der Waals surface area (Å²) in [5, 5.41) is 6.31. The minimum atomic E-state index is -3.21. The molecule has 0 radical (unpaired) electrons. The maximum Gasteiger partial charge on any atom is 0.191 e. The Bertz CT molecular complexity index is 869. The zero-order chi connectivity index (χ0) is 18.4. The second-order valence-corrected chi connectivity index (χ2v) is 7.76. The van der Waals surface area contributed by atoms with Crippen molar-refractivity contribution in [2.24, 2.45) is 4.99 Å². The van der Waals surface area contributed by atoms with Gasteiger partial charge in [0.15, 0.2) is 15.8 Å². The third-order valence-corrected chi connectivity index (χ3v) is 4.95. The minimum Gasteiger partial charge on any atom is -0.352 e. The van der Waals surface area contributed by atoms with E-state index in [1.165, 1.54) is 18.4 Å². The molecule has 0 saturated carbocycles. The molecule has 0 unspecified atom stereocenters. The van der Waals surface area contributed by atoms with Crippen LogP contribution >= 0.6 is 24.0 Å². The molecule has 2 aromatic carbocycles. The van der Waals surface area contributed by atoms with Gasteiger partial charge in [0, 0.05) is 26.4 Å². The Kier molecular flexibility index (Phi) is 8.48. The van der Waals surface area contributed by atoms with Gasteiger partial charge in [-0.15, -0.1) is 24.0 Å². The van der Waals surface area contributed by atoms with E-state index in [0.717, 1.165) is 16.7 Å². The first-order chi connectivity index (χ1) is 11.8. The summed E-state index contributed by atoms with van der Waals surface area (Å²) < 4.78 is 36.2. The van der Waals surface area contributed by atoms with Crippen molar-refractivity contribution in [2.75, 3.05) is 13.3 Å². The zero-order valence-corrected chi connectivity index (χ0v) is 18.1. The van der Waals surface area contributed by atoms with Crippen LogP contribution in [-0.4, -0.2) is 27.7 Å². The number of guanidine groups is 1. The van der Waals surface area contributed by atoms with Crippen LogP contribution in [0.5, 0.6) is 0 Å². The van der Waals surface area contributed by atoms with Crippen molar-refractivity contribution in [3.63, 3.8) is 0 Å². The predicted octanol–water partition coefficient (Wildman–Crippen LogP) is 3.02. The first-order valence-corrected chi connectivity index (χ1v) is 9.67. The van der Waals surface area contributed by atoms with Crippen molar-refractivity contribution in [3.8, 4) is 0 Å². The lowest BCUT2D eigenvalue weighted by Gasteiger charge is -2.13. The van der Waals surface area contributed by atoms with Gasteiger partial charge in [0.1, 0.15) is 5.82 Å². The summed E-state index contributed by atoms with van der Waals surface area (Å²) in [5.41, 5.74) is 2.61. The number of halogens is 2. The predicted molar refractivity (Wildman–Crippen MR) is 113 cm³/mol. The molecular weight excluding hydrogens is 468 g/mol. The van der Waals surface area contributed by atoms with Crippen LogP contribution < -0.4 is 10.6 Å². The lowest BCUT2D eigenvalue weighted by atomic mass is 10.1. The molecule has 26 heavy (non-hydrogen) atoms. The van der Waals surface area contributed by atoms with Crippen molar-refractivity contribution in [1.29, 1.82) is 0 Å². The molecule has 0 bridgehead atoms. The van der Waals surface area contributed by atoms with Crippen molar-refractivity contribution < 1.29 is 12.8 Å². The molecular formula is C18H23FIN3O2S. The number of aryl methyl sites for hydroxylation is 1. The van der Waals surface area contributed by atoms with Gasteiger partial charge in [0.05, 0.1) is 4.90 Å². The van der Waals surface area contributed by atoms with Gasteiger partial charge < -0.3 is 10.6 Å². The Labute approximate surface area is 171 Å². The summed E-state index contributed by atoms with van der Waals surface area (Å²) >= 11 is 0. The normalized spacial score (nSPS) is 11.6. The highest BCUT2D eigenvalue weighted by Crippen LogP contribution is 2.16. The molecule has 0 aliphatic rings. The SMILES string of the molecule is CN=C(NCc1ccc(F)cc1)NCc1ccc(S(C)(=O)=O)c(C)c1.I. The van der Waals surface area contributed by atoms with E-state index >= 15 is 0 Å². The van der Waals surface area contributed by atoms with E-state index in [9.17, 15) is 12.8 Å². The quantitative estimate of drug-likeness (QED) is 0.384. The van der Waals surface area contributed by atoms with Crippen LogP contribution in [0.25, 0.3) is 0 Å². The molecule has 0 saturated heterocycles. The van der Waals surface area contributed by atoms with Crippen molar-refractivity contribution >= 4 is 39.8 Å². The largest absolute Gasteiger partial charge is 0.352 e. The average molecular weight is 491 g/mol. The minimum absolute atomic E-state index is 0. The molecule has 0 fully saturated rings. The van der Waals surface area contributed by atoms with Gasteiger partial charge in [-0.1, -0.05) is 24.3 Å². The molecule has 2 rings (SSSR count). The van der Waals surface area contributed by atoms with E-state index in [0.29, 0.717) is 23.9 Å². The van der Waals surface area contributed by atoms with Gasteiger partial charge in [-0.3, -0.25) is 4.99 Å². The van der Waals surface area contributed by atoms with E-state index in [2.05, 4.69) is 15.6 Å². The topological polar surface area (TPSA) is 70.6 Å². The average Bonchev–Trinajstić information content (AvgIpc) is 2.55. The molecule has 2 aromatic rings. The summed E-state index contributed by atoms with van der Waals surface area (Å²) in [6.45, 7) is 2.81. The van der Waals surface area contributed by atoms with Crippen molar-refractivity contribution in [1.82, 2.24) is 10.6 Å². The van der Waals surface area contributed by atoms with E-state index in [1.807, 2.05) is 6.07 Å². The number of sulfone groups is 1. The van der Waals surface area contributed by atoms with E-state index < -0.39 is 9.84 Å². The van der Waals surface area contributed by atoms with Crippen LogP contribution in [0.1, 0.15) is 16.7 Å². The van der Waals surface area contributed by atoms with E-state index in [-0.39, 0.29) is 29.8 Å². The Morgan fingerprint density at radius 1 is 1.04 bits per heavy atom. The van der Waals surface area contributed by atoms with E-state index in [4.69, 9.17) is 0 Å². The van der Waals surface area contributed by atoms with Crippen LogP contribution in [0, 0.1) is 12.7 Å². The maximum atomic E-state index is 12.9. The summed E-state index contributed by atoms with van der Waals surface area (Å²) in [6.07, 6.45) is 1.20. The van der Waals surface area contributed by atoms with Crippen LogP contribution in [0.15, 0.2) is 52.4 Å². The summed E-state index contributed by atoms with van der Waals surface area (Å²) in [4.78, 5) is 4.48. The van der Waals surface area contributed by atoms with Gasteiger partial charge in [-0.25, -0.2) is 12.8 Å². The highest BCUT2D eigenvalue weighted by atomic mass is 127. The lowest BCUT2D eigenvalue weighted by Crippen LogP contribution is -2.36. The monoisotopic (exact) mass is 491 g/mol. The van der Waals surface area contributed by atoms with Crippen LogP contribution in [0.3, 0.4) is 0 Å². The number of aliphatic imine (C=N–C) groups is 1. The summed E-state index contributed by atoms with van der Waals surface area (Å²) in [5.74, 6) is 0.341. The van der Waals surface area contributed by atoms with E-state index in [1.54, 1.807) is 38.2 Å². The number of hydrogen-bond donors (Lipinski definition) is 2. The first kappa shape index (κ1) is 22.4. The van der Waals surface area contributed by atoms with Crippen LogP contribution in [0.4, 0.5) is 4.39 Å². The molecule has 142 valence electrons. The number of rotatable bonds is 5. The molecule has 2 N–H and O–H groups in total. The van der Waals surface area contributed by atoms with Crippen molar-refractivity contribution in [2.45, 2.75) is 24.9 Å². The third kappa shape index (κ3) is 6.56. The van der Waals surface area contributed by atoms with Gasteiger partial charge in [0.25, 0.3) is 0 Å². The molecule has 0 aliphatic carbocycles. The molecule has 0 aliphatic heterocycles. The fourth-order valence-electron chi connectivity index (χ4n) is 2.43. The summed E-state index contributed by atoms with van der Waals surface area (Å²) in [6, 6.07) is 11.5. The Morgan fingerprint density at radius 2 is 1.58 bits per heavy atom. The lowest BCUT2D eigenvalue weighted by molar-refractivity contribution is 0.601. The van der Waals surface area contributed by atoms with Crippen molar-refractivity contribution in [3.05, 3.63) is 65.0 Å². The number of nitrogens with zero attached hydrogens (tertiary/aromatic N) is 1. The molecule has 0 atom stereocenters. The molecule has 0 spiro atoms. The first-order valence-electron chi connectivity index (χ1n) is 7.78. The Hall–Kier alpha value is -1.68. The standard InChI is InChI=1S/C18H22FN3O2S.HI/c1-13-10-15(6-9-17(13)25(3,23)24)12-22-18(20-2)21-11-14-4-7-16(19)8-5-14;/h4-10H,11-12H2,1-3H3,(H2,20,21,22);1H. The molecule has 5 nitrogen and oxygen atoms in total. The third-order valence-electron chi connectivity index (χ3n) is 3.70. The number of hydrogen-bond acceptors (Lipinski definition) is 3. The second kappa shape index (κ2) is 9.86. The Balaban J connectivity index is 0.00000338. The molecule has 0 amide bonds. The fraction of sp³-hybridized carbons (Fsp3) is 0.278. The number of nitrogens with one attached hydrogen (secondary N) is 2. The second-order valence-electron chi connectivity index (χ2n) is 5.78.